The Morgan fingerprint density at radius 1 is 1.08 bits per heavy atom. The van der Waals surface area contributed by atoms with Gasteiger partial charge < -0.3 is 29.3 Å². The molecule has 1 aliphatic heterocycles. The predicted molar refractivity (Wildman–Crippen MR) is 141 cm³/mol. The first kappa shape index (κ1) is 26.5. The minimum absolute atomic E-state index is 0.0117. The molecule has 0 bridgehead atoms. The highest BCUT2D eigenvalue weighted by Crippen LogP contribution is 2.30. The Hall–Kier alpha value is -4.13. The third-order valence-electron chi connectivity index (χ3n) is 6.77. The van der Waals surface area contributed by atoms with Crippen molar-refractivity contribution >= 4 is 28.5 Å². The Kier molecular flexibility index (Phi) is 8.25. The molecule has 206 valence electrons. The lowest BCUT2D eigenvalue weighted by molar-refractivity contribution is -0.130. The van der Waals surface area contributed by atoms with Crippen LogP contribution in [-0.2, 0) is 9.53 Å². The van der Waals surface area contributed by atoms with Crippen LogP contribution in [0.1, 0.15) is 36.3 Å². The van der Waals surface area contributed by atoms with E-state index < -0.39 is 0 Å². The van der Waals surface area contributed by atoms with Crippen LogP contribution >= 0.6 is 0 Å². The van der Waals surface area contributed by atoms with Gasteiger partial charge >= 0.3 is 0 Å². The number of hydrogen-bond donors (Lipinski definition) is 1. The van der Waals surface area contributed by atoms with E-state index in [2.05, 4.69) is 30.2 Å². The maximum Gasteiger partial charge on any atom is 0.289 e. The number of aromatic nitrogens is 5. The molecule has 0 unspecified atom stereocenters. The van der Waals surface area contributed by atoms with Gasteiger partial charge in [0.05, 0.1) is 36.5 Å². The first-order valence-electron chi connectivity index (χ1n) is 13.0. The summed E-state index contributed by atoms with van der Waals surface area (Å²) < 4.78 is 17.2. The van der Waals surface area contributed by atoms with Gasteiger partial charge in [-0.05, 0) is 25.7 Å². The van der Waals surface area contributed by atoms with E-state index in [4.69, 9.17) is 19.2 Å². The van der Waals surface area contributed by atoms with E-state index in [0.717, 1.165) is 55.5 Å². The third kappa shape index (κ3) is 6.66. The van der Waals surface area contributed by atoms with Gasteiger partial charge in [0.1, 0.15) is 18.2 Å². The summed E-state index contributed by atoms with van der Waals surface area (Å²) in [5.74, 6) is 1.20. The lowest BCUT2D eigenvalue weighted by Gasteiger charge is -2.30. The second-order valence-corrected chi connectivity index (χ2v) is 9.72. The summed E-state index contributed by atoms with van der Waals surface area (Å²) in [7, 11) is 3.29. The molecule has 0 radical (unpaired) electrons. The van der Waals surface area contributed by atoms with Gasteiger partial charge in [0.25, 0.3) is 11.8 Å². The van der Waals surface area contributed by atoms with Gasteiger partial charge in [-0.2, -0.15) is 4.98 Å². The Bertz CT molecular complexity index is 1290. The monoisotopic (exact) mass is 536 g/mol. The molecule has 0 spiro atoms. The number of nitrogens with zero attached hydrogens (tertiary/aromatic N) is 7. The van der Waals surface area contributed by atoms with Crippen molar-refractivity contribution in [2.75, 3.05) is 51.9 Å². The Morgan fingerprint density at radius 2 is 1.82 bits per heavy atom. The summed E-state index contributed by atoms with van der Waals surface area (Å²) in [6.07, 6.45) is 9.03. The molecule has 3 aromatic heterocycles. The van der Waals surface area contributed by atoms with Crippen molar-refractivity contribution in [3.8, 4) is 11.6 Å². The van der Waals surface area contributed by atoms with Gasteiger partial charge in [-0.15, -0.1) is 0 Å². The molecule has 1 saturated carbocycles. The minimum atomic E-state index is -0.349. The van der Waals surface area contributed by atoms with Crippen LogP contribution in [0, 0.1) is 0 Å². The zero-order valence-corrected chi connectivity index (χ0v) is 22.1. The van der Waals surface area contributed by atoms with E-state index in [-0.39, 0.29) is 36.4 Å². The zero-order valence-electron chi connectivity index (χ0n) is 22.1. The number of pyridine rings is 1. The molecule has 0 atom stereocenters. The van der Waals surface area contributed by atoms with Crippen LogP contribution in [0.25, 0.3) is 10.9 Å². The molecule has 3 aromatic rings. The van der Waals surface area contributed by atoms with Crippen molar-refractivity contribution in [1.82, 2.24) is 35.1 Å². The quantitative estimate of drug-likeness (QED) is 0.444. The maximum absolute atomic E-state index is 12.7. The van der Waals surface area contributed by atoms with E-state index in [1.54, 1.807) is 20.3 Å². The van der Waals surface area contributed by atoms with Crippen LogP contribution in [0.4, 0.5) is 5.82 Å². The van der Waals surface area contributed by atoms with Gasteiger partial charge in [-0.25, -0.2) is 19.9 Å². The van der Waals surface area contributed by atoms with Crippen LogP contribution < -0.4 is 19.7 Å². The fraction of sp³-hybridized carbons (Fsp3) is 0.500. The van der Waals surface area contributed by atoms with E-state index in [1.807, 2.05) is 6.07 Å². The number of fused-ring (bicyclic) bond motifs is 1. The lowest BCUT2D eigenvalue weighted by Crippen LogP contribution is -2.40. The second kappa shape index (κ2) is 12.2. The molecule has 4 heterocycles. The molecule has 13 nitrogen and oxygen atoms in total. The summed E-state index contributed by atoms with van der Waals surface area (Å²) in [6, 6.07) is 1.95. The first-order valence-corrected chi connectivity index (χ1v) is 13.0. The fourth-order valence-corrected chi connectivity index (χ4v) is 4.50. The van der Waals surface area contributed by atoms with Gasteiger partial charge in [-0.3, -0.25) is 9.59 Å². The van der Waals surface area contributed by atoms with Crippen molar-refractivity contribution < 1.29 is 23.8 Å². The molecule has 2 aliphatic rings. The minimum Gasteiger partial charge on any atom is -0.481 e. The molecule has 5 rings (SSSR count). The molecule has 2 amide bonds. The smallest absolute Gasteiger partial charge is 0.289 e. The average Bonchev–Trinajstić information content (AvgIpc) is 2.97. The summed E-state index contributed by atoms with van der Waals surface area (Å²) >= 11 is 0. The highest BCUT2D eigenvalue weighted by atomic mass is 16.5. The van der Waals surface area contributed by atoms with Crippen molar-refractivity contribution in [1.29, 1.82) is 0 Å². The van der Waals surface area contributed by atoms with Crippen LogP contribution in [-0.4, -0.2) is 101 Å². The number of amides is 2. The topological polar surface area (TPSA) is 145 Å². The Labute approximate surface area is 225 Å². The number of carbonyl (C=O) groups is 2. The van der Waals surface area contributed by atoms with E-state index >= 15 is 0 Å². The van der Waals surface area contributed by atoms with Crippen LogP contribution in [0.5, 0.6) is 11.6 Å². The SMILES string of the molecule is CN(C)C(=O)COc1cnc(C(=O)N[C@H]2CC[C@@H](Oc3nc(N4CCOCC4)cc4ncncc34)CC2)nc1. The Morgan fingerprint density at radius 3 is 2.54 bits per heavy atom. The molecule has 39 heavy (non-hydrogen) atoms. The normalized spacial score (nSPS) is 19.4. The molecular weight excluding hydrogens is 504 g/mol. The van der Waals surface area contributed by atoms with E-state index in [1.165, 1.54) is 23.6 Å². The average molecular weight is 537 g/mol. The molecule has 0 aromatic carbocycles. The lowest BCUT2D eigenvalue weighted by atomic mass is 9.93. The van der Waals surface area contributed by atoms with Crippen LogP contribution in [0.3, 0.4) is 0 Å². The number of nitrogens with one attached hydrogen (secondary N) is 1. The highest BCUT2D eigenvalue weighted by Gasteiger charge is 2.26. The number of anilines is 1. The van der Waals surface area contributed by atoms with Crippen molar-refractivity contribution in [2.45, 2.75) is 37.8 Å². The fourth-order valence-electron chi connectivity index (χ4n) is 4.50. The van der Waals surface area contributed by atoms with Gasteiger partial charge in [0, 0.05) is 45.5 Å². The summed E-state index contributed by atoms with van der Waals surface area (Å²) in [6.45, 7) is 2.74. The Balaban J connectivity index is 1.15. The number of rotatable bonds is 8. The largest absolute Gasteiger partial charge is 0.481 e. The second-order valence-electron chi connectivity index (χ2n) is 9.72. The molecule has 1 saturated heterocycles. The van der Waals surface area contributed by atoms with Crippen LogP contribution in [0.2, 0.25) is 0 Å². The van der Waals surface area contributed by atoms with Gasteiger partial charge in [-0.1, -0.05) is 0 Å². The molecular formula is C26H32N8O5. The highest BCUT2D eigenvalue weighted by molar-refractivity contribution is 5.90. The maximum atomic E-state index is 12.7. The predicted octanol–water partition coefficient (Wildman–Crippen LogP) is 1.24. The van der Waals surface area contributed by atoms with Gasteiger partial charge in [0.15, 0.2) is 12.4 Å². The van der Waals surface area contributed by atoms with Gasteiger partial charge in [0.2, 0.25) is 11.7 Å². The number of carbonyl (C=O) groups excluding carboxylic acids is 2. The van der Waals surface area contributed by atoms with Crippen molar-refractivity contribution in [3.63, 3.8) is 0 Å². The summed E-state index contributed by atoms with van der Waals surface area (Å²) in [5, 5.41) is 3.79. The van der Waals surface area contributed by atoms with E-state index in [0.29, 0.717) is 24.8 Å². The summed E-state index contributed by atoms with van der Waals surface area (Å²) in [5.41, 5.74) is 0.790. The first-order chi connectivity index (χ1) is 19.0. The standard InChI is InChI=1S/C26H32N8O5/c1-33(2)23(35)15-38-19-12-28-24(29-13-19)25(36)31-17-3-5-18(6-4-17)39-26-20-14-27-16-30-21(20)11-22(32-26)34-7-9-37-10-8-34/h11-14,16-18H,3-10,15H2,1-2H3,(H,31,36)/t17-,18+. The number of hydrogen-bond acceptors (Lipinski definition) is 11. The third-order valence-corrected chi connectivity index (χ3v) is 6.77. The molecule has 1 N–H and O–H groups in total. The molecule has 2 fully saturated rings. The summed E-state index contributed by atoms with van der Waals surface area (Å²) in [4.78, 5) is 49.5. The number of likely N-dealkylation sites (N-methyl/N-ethyl adjacent to an activating group) is 1. The molecule has 1 aliphatic carbocycles. The number of morpholine rings is 1. The van der Waals surface area contributed by atoms with Crippen molar-refractivity contribution in [2.24, 2.45) is 0 Å². The molecule has 13 heteroatoms. The number of ether oxygens (including phenoxy) is 3. The van der Waals surface area contributed by atoms with E-state index in [9.17, 15) is 9.59 Å². The van der Waals surface area contributed by atoms with Crippen molar-refractivity contribution in [3.05, 3.63) is 36.8 Å². The zero-order chi connectivity index (χ0) is 27.2. The van der Waals surface area contributed by atoms with Crippen LogP contribution in [0.15, 0.2) is 31.0 Å².